The van der Waals surface area contributed by atoms with Gasteiger partial charge in [0.25, 0.3) is 5.91 Å². The van der Waals surface area contributed by atoms with Crippen LogP contribution >= 0.6 is 0 Å². The molecule has 1 heterocycles. The summed E-state index contributed by atoms with van der Waals surface area (Å²) < 4.78 is 10.4. The lowest BCUT2D eigenvalue weighted by Crippen LogP contribution is -2.51. The molecule has 3 aromatic carbocycles. The number of benzene rings is 3. The summed E-state index contributed by atoms with van der Waals surface area (Å²) in [6, 6.07) is 24.8. The summed E-state index contributed by atoms with van der Waals surface area (Å²) in [5.74, 6) is -0.262. The molecule has 2 atom stereocenters. The number of rotatable bonds is 12. The van der Waals surface area contributed by atoms with E-state index in [2.05, 4.69) is 10.6 Å². The van der Waals surface area contributed by atoms with Crippen LogP contribution in [0.5, 0.6) is 5.75 Å². The van der Waals surface area contributed by atoms with E-state index < -0.39 is 5.41 Å². The smallest absolute Gasteiger partial charge is 0.305 e. The lowest BCUT2D eigenvalue weighted by molar-refractivity contribution is -0.143. The van der Waals surface area contributed by atoms with Crippen LogP contribution in [0.3, 0.4) is 0 Å². The number of nitrogens with one attached hydrogen (secondary N) is 2. The summed E-state index contributed by atoms with van der Waals surface area (Å²) in [6.07, 6.45) is 3.96. The van der Waals surface area contributed by atoms with E-state index in [-0.39, 0.29) is 35.7 Å². The van der Waals surface area contributed by atoms with Gasteiger partial charge in [0, 0.05) is 32.1 Å². The van der Waals surface area contributed by atoms with Gasteiger partial charge in [-0.2, -0.15) is 0 Å². The third kappa shape index (κ3) is 7.50. The summed E-state index contributed by atoms with van der Waals surface area (Å²) in [5, 5.41) is 6.27. The molecule has 2 N–H and O–H groups in total. The first-order valence-electron chi connectivity index (χ1n) is 16.7. The predicted molar refractivity (Wildman–Crippen MR) is 179 cm³/mol. The van der Waals surface area contributed by atoms with Gasteiger partial charge in [-0.05, 0) is 74.3 Å². The maximum atomic E-state index is 14.2. The number of hydrogen-bond acceptors (Lipinski definition) is 6. The second kappa shape index (κ2) is 15.8. The quantitative estimate of drug-likeness (QED) is 0.210. The maximum absolute atomic E-state index is 14.2. The van der Waals surface area contributed by atoms with Crippen LogP contribution in [0.25, 0.3) is 0 Å². The number of fused-ring (bicyclic) bond motifs is 1. The van der Waals surface area contributed by atoms with E-state index in [9.17, 15) is 19.2 Å². The molecule has 248 valence electrons. The van der Waals surface area contributed by atoms with Crippen molar-refractivity contribution in [1.29, 1.82) is 0 Å². The largest absolute Gasteiger partial charge is 0.496 e. The predicted octanol–water partition coefficient (Wildman–Crippen LogP) is 5.13. The van der Waals surface area contributed by atoms with Gasteiger partial charge in [0.1, 0.15) is 5.75 Å². The summed E-state index contributed by atoms with van der Waals surface area (Å²) in [4.78, 5) is 54.9. The SMILES string of the molecule is CCOC(=O)CCCCNC(=O)[C@@]1(c2ccccc2)CC[C@H](C(=O)N2CCC(NC(=O)c3ccccc3OC)CC2)c2ccccc21. The Kier molecular flexibility index (Phi) is 11.3. The van der Waals surface area contributed by atoms with Gasteiger partial charge in [0.2, 0.25) is 11.8 Å². The fourth-order valence-corrected chi connectivity index (χ4v) is 7.03. The van der Waals surface area contributed by atoms with Crippen LogP contribution < -0.4 is 15.4 Å². The summed E-state index contributed by atoms with van der Waals surface area (Å²) >= 11 is 0. The molecule has 2 aliphatic rings. The fraction of sp³-hybridized carbons (Fsp3) is 0.421. The molecule has 3 aromatic rings. The van der Waals surface area contributed by atoms with Crippen molar-refractivity contribution in [2.24, 2.45) is 0 Å². The van der Waals surface area contributed by atoms with Gasteiger partial charge in [-0.1, -0.05) is 66.7 Å². The van der Waals surface area contributed by atoms with Gasteiger partial charge in [0.05, 0.1) is 30.6 Å². The van der Waals surface area contributed by atoms with Crippen LogP contribution in [0.15, 0.2) is 78.9 Å². The van der Waals surface area contributed by atoms with E-state index in [0.717, 1.165) is 16.7 Å². The van der Waals surface area contributed by atoms with Crippen molar-refractivity contribution >= 4 is 23.7 Å². The minimum Gasteiger partial charge on any atom is -0.496 e. The molecule has 1 saturated heterocycles. The molecule has 9 nitrogen and oxygen atoms in total. The molecular weight excluding hydrogens is 594 g/mol. The number of ether oxygens (including phenoxy) is 2. The highest BCUT2D eigenvalue weighted by atomic mass is 16.5. The summed E-state index contributed by atoms with van der Waals surface area (Å²) in [7, 11) is 1.55. The maximum Gasteiger partial charge on any atom is 0.305 e. The number of nitrogens with zero attached hydrogens (tertiary/aromatic N) is 1. The molecule has 1 fully saturated rings. The van der Waals surface area contributed by atoms with Crippen LogP contribution in [-0.2, 0) is 24.5 Å². The molecule has 1 aliphatic heterocycles. The Morgan fingerprint density at radius 2 is 1.57 bits per heavy atom. The molecule has 0 saturated carbocycles. The number of hydrogen-bond donors (Lipinski definition) is 2. The van der Waals surface area contributed by atoms with Crippen LogP contribution in [0.2, 0.25) is 0 Å². The number of para-hydroxylation sites is 1. The monoisotopic (exact) mass is 639 g/mol. The Hall–Kier alpha value is -4.66. The van der Waals surface area contributed by atoms with Gasteiger partial charge in [-0.25, -0.2) is 0 Å². The molecule has 0 aromatic heterocycles. The highest BCUT2D eigenvalue weighted by Gasteiger charge is 2.48. The minimum absolute atomic E-state index is 0.0400. The molecule has 5 rings (SSSR count). The van der Waals surface area contributed by atoms with Gasteiger partial charge in [-0.3, -0.25) is 19.2 Å². The minimum atomic E-state index is -0.939. The zero-order valence-electron chi connectivity index (χ0n) is 27.3. The van der Waals surface area contributed by atoms with E-state index in [4.69, 9.17) is 9.47 Å². The van der Waals surface area contributed by atoms with Crippen molar-refractivity contribution in [2.75, 3.05) is 33.4 Å². The third-order valence-electron chi connectivity index (χ3n) is 9.45. The summed E-state index contributed by atoms with van der Waals surface area (Å²) in [5.41, 5.74) is 2.20. The number of amides is 3. The van der Waals surface area contributed by atoms with E-state index in [1.807, 2.05) is 71.6 Å². The van der Waals surface area contributed by atoms with Gasteiger partial charge in [-0.15, -0.1) is 0 Å². The van der Waals surface area contributed by atoms with Crippen molar-refractivity contribution in [3.63, 3.8) is 0 Å². The fourth-order valence-electron chi connectivity index (χ4n) is 7.03. The lowest BCUT2D eigenvalue weighted by atomic mass is 9.62. The third-order valence-corrected chi connectivity index (χ3v) is 9.45. The number of unbranched alkanes of at least 4 members (excludes halogenated alkanes) is 1. The van der Waals surface area contributed by atoms with E-state index in [0.29, 0.717) is 82.5 Å². The van der Waals surface area contributed by atoms with E-state index >= 15 is 0 Å². The number of likely N-dealkylation sites (tertiary alicyclic amines) is 1. The molecule has 0 bridgehead atoms. The number of carbonyl (C=O) groups excluding carboxylic acids is 4. The topological polar surface area (TPSA) is 114 Å². The molecule has 1 aliphatic carbocycles. The normalized spacial score (nSPS) is 19.3. The lowest BCUT2D eigenvalue weighted by Gasteiger charge is -2.42. The van der Waals surface area contributed by atoms with Crippen LogP contribution in [-0.4, -0.2) is 68.0 Å². The first kappa shape index (κ1) is 33.7. The molecule has 0 spiro atoms. The van der Waals surface area contributed by atoms with Gasteiger partial charge in [0.15, 0.2) is 0 Å². The highest BCUT2D eigenvalue weighted by Crippen LogP contribution is 2.48. The Labute approximate surface area is 277 Å². The number of methoxy groups -OCH3 is 1. The Balaban J connectivity index is 1.28. The Morgan fingerprint density at radius 1 is 0.872 bits per heavy atom. The van der Waals surface area contributed by atoms with Crippen molar-refractivity contribution in [2.45, 2.75) is 69.2 Å². The zero-order valence-corrected chi connectivity index (χ0v) is 27.3. The zero-order chi connectivity index (χ0) is 33.2. The Morgan fingerprint density at radius 3 is 2.32 bits per heavy atom. The van der Waals surface area contributed by atoms with E-state index in [1.54, 1.807) is 26.2 Å². The average molecular weight is 640 g/mol. The molecular formula is C38H45N3O6. The van der Waals surface area contributed by atoms with Crippen LogP contribution in [0, 0.1) is 0 Å². The number of esters is 1. The van der Waals surface area contributed by atoms with Gasteiger partial charge < -0.3 is 25.0 Å². The van der Waals surface area contributed by atoms with Crippen molar-refractivity contribution in [3.8, 4) is 5.75 Å². The first-order valence-corrected chi connectivity index (χ1v) is 16.7. The number of carbonyl (C=O) groups is 4. The Bertz CT molecular complexity index is 1550. The highest BCUT2D eigenvalue weighted by molar-refractivity contribution is 5.97. The van der Waals surface area contributed by atoms with Crippen LogP contribution in [0.1, 0.15) is 84.8 Å². The van der Waals surface area contributed by atoms with Gasteiger partial charge >= 0.3 is 5.97 Å². The first-order chi connectivity index (χ1) is 22.9. The standard InChI is InChI=1S/C38H45N3O6/c1-3-47-34(42)19-11-12-24-39-37(45)38(27-13-5-4-6-14-27)23-20-30(29-15-7-9-17-32(29)38)36(44)41-25-21-28(22-26-41)40-35(43)31-16-8-10-18-33(31)46-2/h4-10,13-18,28,30H,3,11-12,19-26H2,1-2H3,(H,39,45)(H,40,43)/t30-,38+/m0/s1. The second-order valence-electron chi connectivity index (χ2n) is 12.2. The van der Waals surface area contributed by atoms with E-state index in [1.165, 1.54) is 0 Å². The molecule has 3 amide bonds. The van der Waals surface area contributed by atoms with Crippen molar-refractivity contribution in [1.82, 2.24) is 15.5 Å². The van der Waals surface area contributed by atoms with Crippen LogP contribution in [0.4, 0.5) is 0 Å². The second-order valence-corrected chi connectivity index (χ2v) is 12.2. The molecule has 0 unspecified atom stereocenters. The average Bonchev–Trinajstić information content (AvgIpc) is 3.11. The summed E-state index contributed by atoms with van der Waals surface area (Å²) in [6.45, 7) is 3.68. The van der Waals surface area contributed by atoms with Crippen molar-refractivity contribution < 1.29 is 28.7 Å². The molecule has 9 heteroatoms. The van der Waals surface area contributed by atoms with Crippen molar-refractivity contribution in [3.05, 3.63) is 101 Å². The molecule has 47 heavy (non-hydrogen) atoms. The molecule has 0 radical (unpaired) electrons. The number of piperidine rings is 1.